The zero-order chi connectivity index (χ0) is 14.9. The minimum atomic E-state index is -1.72. The van der Waals surface area contributed by atoms with Crippen molar-refractivity contribution in [2.24, 2.45) is 0 Å². The topological polar surface area (TPSA) is 45.6 Å². The standard InChI is InChI=1S/C12H14F4N2O2/c1-18(6-12(19)2-4-20-5-3-12)9-7(13)10(15)17-11(16)8(9)14/h19H,2-6H2,1H3. The lowest BCUT2D eigenvalue weighted by atomic mass is 9.94. The molecule has 20 heavy (non-hydrogen) atoms. The molecule has 0 atom stereocenters. The van der Waals surface area contributed by atoms with Gasteiger partial charge in [0.15, 0.2) is 0 Å². The van der Waals surface area contributed by atoms with Gasteiger partial charge in [0.2, 0.25) is 11.6 Å². The molecule has 1 aromatic rings. The van der Waals surface area contributed by atoms with Gasteiger partial charge in [-0.3, -0.25) is 0 Å². The average Bonchev–Trinajstić information content (AvgIpc) is 2.37. The summed E-state index contributed by atoms with van der Waals surface area (Å²) in [6, 6.07) is 0. The summed E-state index contributed by atoms with van der Waals surface area (Å²) < 4.78 is 58.3. The molecule has 1 aliphatic rings. The van der Waals surface area contributed by atoms with Crippen LogP contribution in [0.15, 0.2) is 0 Å². The van der Waals surface area contributed by atoms with E-state index in [2.05, 4.69) is 4.98 Å². The summed E-state index contributed by atoms with van der Waals surface area (Å²) in [4.78, 5) is 3.44. The molecule has 0 saturated carbocycles. The van der Waals surface area contributed by atoms with Gasteiger partial charge in [-0.1, -0.05) is 0 Å². The minimum Gasteiger partial charge on any atom is -0.388 e. The maximum Gasteiger partial charge on any atom is 0.253 e. The molecular formula is C12H14F4N2O2. The summed E-state index contributed by atoms with van der Waals surface area (Å²) in [6.07, 6.45) is 0.549. The van der Waals surface area contributed by atoms with E-state index in [1.807, 2.05) is 0 Å². The van der Waals surface area contributed by atoms with Crippen LogP contribution in [0.3, 0.4) is 0 Å². The Morgan fingerprint density at radius 3 is 2.15 bits per heavy atom. The molecule has 0 aliphatic carbocycles. The number of aromatic nitrogens is 1. The molecule has 1 saturated heterocycles. The lowest BCUT2D eigenvalue weighted by Crippen LogP contribution is -2.46. The minimum absolute atomic E-state index is 0.174. The van der Waals surface area contributed by atoms with Crippen LogP contribution in [-0.4, -0.2) is 42.5 Å². The van der Waals surface area contributed by atoms with Crippen LogP contribution < -0.4 is 4.90 Å². The number of ether oxygens (including phenoxy) is 1. The molecule has 1 fully saturated rings. The lowest BCUT2D eigenvalue weighted by Gasteiger charge is -2.36. The smallest absolute Gasteiger partial charge is 0.253 e. The van der Waals surface area contributed by atoms with Gasteiger partial charge in [0.05, 0.1) is 5.60 Å². The van der Waals surface area contributed by atoms with Crippen LogP contribution >= 0.6 is 0 Å². The average molecular weight is 294 g/mol. The molecule has 8 heteroatoms. The summed E-state index contributed by atoms with van der Waals surface area (Å²) in [5.41, 5.74) is -2.10. The first-order valence-electron chi connectivity index (χ1n) is 6.05. The molecule has 0 radical (unpaired) electrons. The van der Waals surface area contributed by atoms with E-state index in [0.29, 0.717) is 13.2 Å². The van der Waals surface area contributed by atoms with Crippen LogP contribution in [0, 0.1) is 23.5 Å². The largest absolute Gasteiger partial charge is 0.388 e. The Morgan fingerprint density at radius 2 is 1.65 bits per heavy atom. The third-order valence-electron chi connectivity index (χ3n) is 3.31. The number of hydrogen-bond acceptors (Lipinski definition) is 4. The first-order chi connectivity index (χ1) is 9.34. The summed E-state index contributed by atoms with van der Waals surface area (Å²) >= 11 is 0. The van der Waals surface area contributed by atoms with E-state index in [0.717, 1.165) is 4.90 Å². The zero-order valence-corrected chi connectivity index (χ0v) is 10.8. The normalized spacial score (nSPS) is 18.1. The number of halogens is 4. The summed E-state index contributed by atoms with van der Waals surface area (Å²) in [5.74, 6) is -6.60. The van der Waals surface area contributed by atoms with E-state index < -0.39 is 34.8 Å². The van der Waals surface area contributed by atoms with E-state index in [4.69, 9.17) is 4.74 Å². The Balaban J connectivity index is 2.27. The molecule has 1 aromatic heterocycles. The predicted molar refractivity (Wildman–Crippen MR) is 62.3 cm³/mol. The second-order valence-electron chi connectivity index (χ2n) is 4.86. The quantitative estimate of drug-likeness (QED) is 0.679. The Morgan fingerprint density at radius 1 is 1.15 bits per heavy atom. The van der Waals surface area contributed by atoms with Gasteiger partial charge in [0, 0.05) is 39.6 Å². The van der Waals surface area contributed by atoms with Gasteiger partial charge in [0.1, 0.15) is 5.69 Å². The summed E-state index contributed by atoms with van der Waals surface area (Å²) in [5, 5.41) is 10.3. The highest BCUT2D eigenvalue weighted by Gasteiger charge is 2.33. The number of nitrogens with zero attached hydrogens (tertiary/aromatic N) is 2. The number of anilines is 1. The van der Waals surface area contributed by atoms with Crippen LogP contribution in [0.1, 0.15) is 12.8 Å². The van der Waals surface area contributed by atoms with Crippen molar-refractivity contribution in [2.45, 2.75) is 18.4 Å². The second-order valence-corrected chi connectivity index (χ2v) is 4.86. The number of aliphatic hydroxyl groups is 1. The SMILES string of the molecule is CN(CC1(O)CCOCC1)c1c(F)c(F)nc(F)c1F. The van der Waals surface area contributed by atoms with Gasteiger partial charge >= 0.3 is 0 Å². The first kappa shape index (κ1) is 15.0. The fourth-order valence-corrected chi connectivity index (χ4v) is 2.24. The highest BCUT2D eigenvalue weighted by atomic mass is 19.2. The summed E-state index contributed by atoms with van der Waals surface area (Å²) in [7, 11) is 1.24. The maximum absolute atomic E-state index is 13.6. The van der Waals surface area contributed by atoms with Crippen molar-refractivity contribution in [1.29, 1.82) is 0 Å². The molecule has 2 heterocycles. The Kier molecular flexibility index (Phi) is 4.14. The van der Waals surface area contributed by atoms with Gasteiger partial charge in [-0.2, -0.15) is 22.5 Å². The molecular weight excluding hydrogens is 280 g/mol. The van der Waals surface area contributed by atoms with E-state index in [-0.39, 0.29) is 19.4 Å². The van der Waals surface area contributed by atoms with E-state index in [9.17, 15) is 22.7 Å². The van der Waals surface area contributed by atoms with Gasteiger partial charge < -0.3 is 14.7 Å². The molecule has 0 amide bonds. The van der Waals surface area contributed by atoms with Crippen molar-refractivity contribution in [3.63, 3.8) is 0 Å². The molecule has 1 aliphatic heterocycles. The van der Waals surface area contributed by atoms with Gasteiger partial charge in [-0.15, -0.1) is 0 Å². The third kappa shape index (κ3) is 2.85. The molecule has 0 unspecified atom stereocenters. The molecule has 4 nitrogen and oxygen atoms in total. The highest BCUT2D eigenvalue weighted by molar-refractivity contribution is 5.48. The summed E-state index contributed by atoms with van der Waals surface area (Å²) in [6.45, 7) is 0.454. The van der Waals surface area contributed by atoms with Crippen LogP contribution in [0.4, 0.5) is 23.2 Å². The fraction of sp³-hybridized carbons (Fsp3) is 0.583. The maximum atomic E-state index is 13.6. The molecule has 0 bridgehead atoms. The van der Waals surface area contributed by atoms with Crippen LogP contribution in [0.25, 0.3) is 0 Å². The molecule has 2 rings (SSSR count). The predicted octanol–water partition coefficient (Wildman–Crippen LogP) is 1.62. The van der Waals surface area contributed by atoms with E-state index in [1.165, 1.54) is 7.05 Å². The number of rotatable bonds is 3. The Bertz CT molecular complexity index is 480. The lowest BCUT2D eigenvalue weighted by molar-refractivity contribution is -0.0573. The van der Waals surface area contributed by atoms with Gasteiger partial charge in [0.25, 0.3) is 11.9 Å². The Labute approximate surface area is 113 Å². The van der Waals surface area contributed by atoms with Gasteiger partial charge in [-0.05, 0) is 0 Å². The molecule has 112 valence electrons. The molecule has 0 spiro atoms. The molecule has 1 N–H and O–H groups in total. The number of pyridine rings is 1. The van der Waals surface area contributed by atoms with Crippen LogP contribution in [0.2, 0.25) is 0 Å². The first-order valence-corrected chi connectivity index (χ1v) is 6.05. The van der Waals surface area contributed by atoms with Crippen molar-refractivity contribution in [2.75, 3.05) is 31.7 Å². The Hall–Kier alpha value is -1.41. The monoisotopic (exact) mass is 294 g/mol. The van der Waals surface area contributed by atoms with Crippen molar-refractivity contribution < 1.29 is 27.4 Å². The fourth-order valence-electron chi connectivity index (χ4n) is 2.24. The number of hydrogen-bond donors (Lipinski definition) is 1. The van der Waals surface area contributed by atoms with Crippen LogP contribution in [-0.2, 0) is 4.74 Å². The van der Waals surface area contributed by atoms with Crippen LogP contribution in [0.5, 0.6) is 0 Å². The van der Waals surface area contributed by atoms with Crippen molar-refractivity contribution in [1.82, 2.24) is 4.98 Å². The van der Waals surface area contributed by atoms with E-state index >= 15 is 0 Å². The van der Waals surface area contributed by atoms with Gasteiger partial charge in [-0.25, -0.2) is 0 Å². The van der Waals surface area contributed by atoms with Crippen molar-refractivity contribution >= 4 is 5.69 Å². The zero-order valence-electron chi connectivity index (χ0n) is 10.8. The van der Waals surface area contributed by atoms with E-state index in [1.54, 1.807) is 0 Å². The van der Waals surface area contributed by atoms with Crippen molar-refractivity contribution in [3.8, 4) is 0 Å². The number of likely N-dealkylation sites (N-methyl/N-ethyl adjacent to an activating group) is 1. The third-order valence-corrected chi connectivity index (χ3v) is 3.31. The highest BCUT2D eigenvalue weighted by Crippen LogP contribution is 2.29. The van der Waals surface area contributed by atoms with Crippen molar-refractivity contribution in [3.05, 3.63) is 23.5 Å². The molecule has 0 aromatic carbocycles. The second kappa shape index (κ2) is 5.53.